The zero-order chi connectivity index (χ0) is 13.9. The fourth-order valence-corrected chi connectivity index (χ4v) is 2.74. The Bertz CT molecular complexity index is 453. The van der Waals surface area contributed by atoms with Crippen molar-refractivity contribution in [2.45, 2.75) is 31.2 Å². The number of ether oxygens (including phenoxy) is 1. The Kier molecular flexibility index (Phi) is 4.55. The highest BCUT2D eigenvalue weighted by Crippen LogP contribution is 2.27. The first kappa shape index (κ1) is 14.4. The van der Waals surface area contributed by atoms with Crippen LogP contribution < -0.4 is 11.1 Å². The Morgan fingerprint density at radius 3 is 2.42 bits per heavy atom. The van der Waals surface area contributed by atoms with Gasteiger partial charge >= 0.3 is 6.09 Å². The fourth-order valence-electron chi connectivity index (χ4n) is 2.21. The van der Waals surface area contributed by atoms with Gasteiger partial charge in [-0.25, -0.2) is 4.79 Å². The summed E-state index contributed by atoms with van der Waals surface area (Å²) in [5.74, 6) is 0. The summed E-state index contributed by atoms with van der Waals surface area (Å²) in [6.07, 6.45) is 3.42. The van der Waals surface area contributed by atoms with Gasteiger partial charge in [0.15, 0.2) is 0 Å². The third-order valence-electron chi connectivity index (χ3n) is 3.20. The van der Waals surface area contributed by atoms with E-state index >= 15 is 0 Å². The summed E-state index contributed by atoms with van der Waals surface area (Å²) in [6.45, 7) is 0.229. The van der Waals surface area contributed by atoms with Crippen molar-refractivity contribution >= 4 is 35.0 Å². The van der Waals surface area contributed by atoms with Crippen molar-refractivity contribution < 1.29 is 9.53 Å². The van der Waals surface area contributed by atoms with Gasteiger partial charge in [0.05, 0.1) is 5.54 Å². The molecule has 3 N–H and O–H groups in total. The third kappa shape index (κ3) is 4.27. The van der Waals surface area contributed by atoms with Crippen LogP contribution in [0.15, 0.2) is 18.2 Å². The summed E-state index contributed by atoms with van der Waals surface area (Å²) < 4.78 is 5.15. The highest BCUT2D eigenvalue weighted by Gasteiger charge is 2.30. The van der Waals surface area contributed by atoms with Crippen LogP contribution in [0.4, 0.5) is 10.5 Å². The maximum Gasteiger partial charge on any atom is 0.411 e. The lowest BCUT2D eigenvalue weighted by molar-refractivity contribution is 0.130. The summed E-state index contributed by atoms with van der Waals surface area (Å²) in [7, 11) is 0. The molecule has 1 fully saturated rings. The number of carbonyl (C=O) groups excluding carboxylic acids is 1. The number of hydrogen-bond acceptors (Lipinski definition) is 3. The standard InChI is InChI=1S/C13H16Cl2N2O2/c14-9-5-10(15)7-11(6-9)17-12(18)19-8-13(16)3-1-2-4-13/h5-7H,1-4,8,16H2,(H,17,18). The second kappa shape index (κ2) is 5.99. The summed E-state index contributed by atoms with van der Waals surface area (Å²) in [5, 5.41) is 3.48. The predicted molar refractivity (Wildman–Crippen MR) is 76.8 cm³/mol. The van der Waals surface area contributed by atoms with Crippen molar-refractivity contribution in [3.63, 3.8) is 0 Å². The third-order valence-corrected chi connectivity index (χ3v) is 3.64. The molecular formula is C13H16Cl2N2O2. The zero-order valence-electron chi connectivity index (χ0n) is 10.4. The number of rotatable bonds is 3. The normalized spacial score (nSPS) is 17.2. The predicted octanol–water partition coefficient (Wildman–Crippen LogP) is 3.81. The van der Waals surface area contributed by atoms with Crippen LogP contribution >= 0.6 is 23.2 Å². The Balaban J connectivity index is 1.87. The highest BCUT2D eigenvalue weighted by atomic mass is 35.5. The Labute approximate surface area is 122 Å². The summed E-state index contributed by atoms with van der Waals surface area (Å²) in [5.41, 5.74) is 6.23. The van der Waals surface area contributed by atoms with E-state index in [1.165, 1.54) is 0 Å². The molecule has 0 aliphatic heterocycles. The van der Waals surface area contributed by atoms with Crippen LogP contribution in [0.1, 0.15) is 25.7 Å². The first-order valence-electron chi connectivity index (χ1n) is 6.16. The van der Waals surface area contributed by atoms with Crippen molar-refractivity contribution in [3.05, 3.63) is 28.2 Å². The molecule has 0 saturated heterocycles. The molecule has 1 saturated carbocycles. The molecule has 0 spiro atoms. The van der Waals surface area contributed by atoms with Crippen molar-refractivity contribution in [2.75, 3.05) is 11.9 Å². The van der Waals surface area contributed by atoms with Gasteiger partial charge in [-0.1, -0.05) is 36.0 Å². The molecule has 104 valence electrons. The van der Waals surface area contributed by atoms with Crippen LogP contribution in [-0.4, -0.2) is 18.2 Å². The molecule has 1 amide bonds. The van der Waals surface area contributed by atoms with Gasteiger partial charge in [0.25, 0.3) is 0 Å². The molecule has 0 atom stereocenters. The first-order chi connectivity index (χ1) is 8.97. The van der Waals surface area contributed by atoms with E-state index in [-0.39, 0.29) is 12.1 Å². The second-order valence-electron chi connectivity index (χ2n) is 4.93. The Hall–Kier alpha value is -0.970. The molecule has 4 nitrogen and oxygen atoms in total. The van der Waals surface area contributed by atoms with Crippen LogP contribution in [0.5, 0.6) is 0 Å². The van der Waals surface area contributed by atoms with Gasteiger partial charge in [0.1, 0.15) is 6.61 Å². The summed E-state index contributed by atoms with van der Waals surface area (Å²) in [4.78, 5) is 11.7. The number of nitrogens with one attached hydrogen (secondary N) is 1. The van der Waals surface area contributed by atoms with Gasteiger partial charge in [-0.15, -0.1) is 0 Å². The largest absolute Gasteiger partial charge is 0.447 e. The molecule has 1 aromatic carbocycles. The van der Waals surface area contributed by atoms with Crippen molar-refractivity contribution in [3.8, 4) is 0 Å². The minimum atomic E-state index is -0.546. The highest BCUT2D eigenvalue weighted by molar-refractivity contribution is 6.35. The van der Waals surface area contributed by atoms with Crippen molar-refractivity contribution in [2.24, 2.45) is 5.73 Å². The number of anilines is 1. The van der Waals surface area contributed by atoms with Crippen molar-refractivity contribution in [1.29, 1.82) is 0 Å². The summed E-state index contributed by atoms with van der Waals surface area (Å²) in [6, 6.07) is 4.79. The van der Waals surface area contributed by atoms with Crippen LogP contribution in [0.3, 0.4) is 0 Å². The van der Waals surface area contributed by atoms with E-state index in [1.807, 2.05) is 0 Å². The number of benzene rings is 1. The molecule has 1 aliphatic carbocycles. The lowest BCUT2D eigenvalue weighted by Crippen LogP contribution is -2.42. The Morgan fingerprint density at radius 2 is 1.84 bits per heavy atom. The smallest absolute Gasteiger partial charge is 0.411 e. The quantitative estimate of drug-likeness (QED) is 0.892. The topological polar surface area (TPSA) is 64.3 Å². The van der Waals surface area contributed by atoms with Crippen molar-refractivity contribution in [1.82, 2.24) is 0 Å². The lowest BCUT2D eigenvalue weighted by atomic mass is 10.0. The molecule has 0 aromatic heterocycles. The number of halogens is 2. The molecule has 2 rings (SSSR count). The monoisotopic (exact) mass is 302 g/mol. The average Bonchev–Trinajstić information content (AvgIpc) is 2.73. The molecule has 0 unspecified atom stereocenters. The molecule has 0 bridgehead atoms. The van der Waals surface area contributed by atoms with Gasteiger partial charge in [-0.2, -0.15) is 0 Å². The average molecular weight is 303 g/mol. The SMILES string of the molecule is NC1(COC(=O)Nc2cc(Cl)cc(Cl)c2)CCCC1. The number of hydrogen-bond donors (Lipinski definition) is 2. The molecule has 19 heavy (non-hydrogen) atoms. The van der Waals surface area contributed by atoms with Gasteiger partial charge in [-0.3, -0.25) is 5.32 Å². The molecule has 6 heteroatoms. The zero-order valence-corrected chi connectivity index (χ0v) is 11.9. The number of nitrogens with two attached hydrogens (primary N) is 1. The van der Waals surface area contributed by atoms with E-state index in [9.17, 15) is 4.79 Å². The maximum absolute atomic E-state index is 11.7. The van der Waals surface area contributed by atoms with Crippen LogP contribution in [0.2, 0.25) is 10.0 Å². The first-order valence-corrected chi connectivity index (χ1v) is 6.91. The number of carbonyl (C=O) groups is 1. The van der Waals surface area contributed by atoms with Crippen LogP contribution in [0.25, 0.3) is 0 Å². The molecular weight excluding hydrogens is 287 g/mol. The molecule has 1 aromatic rings. The van der Waals surface area contributed by atoms with Gasteiger partial charge in [0.2, 0.25) is 0 Å². The number of amides is 1. The van der Waals surface area contributed by atoms with Crippen LogP contribution in [-0.2, 0) is 4.74 Å². The lowest BCUT2D eigenvalue weighted by Gasteiger charge is -2.22. The van der Waals surface area contributed by atoms with E-state index in [2.05, 4.69) is 5.32 Å². The van der Waals surface area contributed by atoms with Gasteiger partial charge in [-0.05, 0) is 31.0 Å². The Morgan fingerprint density at radius 1 is 1.26 bits per heavy atom. The van der Waals surface area contributed by atoms with Crippen LogP contribution in [0, 0.1) is 0 Å². The van der Waals surface area contributed by atoms with E-state index in [0.29, 0.717) is 15.7 Å². The maximum atomic E-state index is 11.7. The van der Waals surface area contributed by atoms with Gasteiger partial charge in [0, 0.05) is 15.7 Å². The van der Waals surface area contributed by atoms with E-state index in [0.717, 1.165) is 25.7 Å². The molecule has 1 aliphatic rings. The van der Waals surface area contributed by atoms with E-state index < -0.39 is 6.09 Å². The summed E-state index contributed by atoms with van der Waals surface area (Å²) >= 11 is 11.7. The molecule has 0 radical (unpaired) electrons. The minimum absolute atomic E-state index is 0.229. The van der Waals surface area contributed by atoms with E-state index in [4.69, 9.17) is 33.7 Å². The second-order valence-corrected chi connectivity index (χ2v) is 5.80. The van der Waals surface area contributed by atoms with E-state index in [1.54, 1.807) is 18.2 Å². The fraction of sp³-hybridized carbons (Fsp3) is 0.462. The minimum Gasteiger partial charge on any atom is -0.447 e. The van der Waals surface area contributed by atoms with Gasteiger partial charge < -0.3 is 10.5 Å². The molecule has 0 heterocycles.